The summed E-state index contributed by atoms with van der Waals surface area (Å²) < 4.78 is 5.18. The number of hydrogen-bond acceptors (Lipinski definition) is 3. The summed E-state index contributed by atoms with van der Waals surface area (Å²) in [5.74, 6) is -0.191. The molecule has 0 bridgehead atoms. The normalized spacial score (nSPS) is 13.9. The first-order valence-electron chi connectivity index (χ1n) is 4.83. The van der Waals surface area contributed by atoms with Gasteiger partial charge in [-0.3, -0.25) is 4.79 Å². The second-order valence-electron chi connectivity index (χ2n) is 3.79. The van der Waals surface area contributed by atoms with E-state index in [0.29, 0.717) is 12.8 Å². The molecule has 4 heteroatoms. The van der Waals surface area contributed by atoms with Crippen molar-refractivity contribution >= 4 is 14.3 Å². The number of esters is 1. The molecule has 1 atom stereocenters. The minimum atomic E-state index is -2.32. The van der Waals surface area contributed by atoms with Crippen LogP contribution in [0.3, 0.4) is 0 Å². The number of rotatable bonds is 5. The molecule has 0 amide bonds. The summed E-state index contributed by atoms with van der Waals surface area (Å²) in [6.45, 7) is 7.44. The van der Waals surface area contributed by atoms with Crippen LogP contribution in [-0.4, -0.2) is 24.8 Å². The van der Waals surface area contributed by atoms with Crippen LogP contribution in [-0.2, 0) is 9.53 Å². The van der Waals surface area contributed by atoms with Crippen molar-refractivity contribution < 1.29 is 14.3 Å². The van der Waals surface area contributed by atoms with E-state index in [1.165, 1.54) is 0 Å². The maximum Gasteiger partial charge on any atom is 0.305 e. The first-order chi connectivity index (χ1) is 5.91. The van der Waals surface area contributed by atoms with Gasteiger partial charge in [-0.15, -0.1) is 0 Å². The molecule has 1 N–H and O–H groups in total. The molecule has 1 unspecified atom stereocenters. The van der Waals surface area contributed by atoms with Gasteiger partial charge in [0.25, 0.3) is 0 Å². The van der Waals surface area contributed by atoms with E-state index in [4.69, 9.17) is 4.74 Å². The minimum Gasteiger partial charge on any atom is -0.463 e. The molecule has 0 fully saturated rings. The highest BCUT2D eigenvalue weighted by Crippen LogP contribution is 2.13. The second kappa shape index (κ2) is 5.39. The van der Waals surface area contributed by atoms with E-state index in [-0.39, 0.29) is 11.7 Å². The lowest BCUT2D eigenvalue weighted by Crippen LogP contribution is -2.44. The molecule has 78 valence electrons. The quantitative estimate of drug-likeness (QED) is 0.549. The lowest BCUT2D eigenvalue weighted by Gasteiger charge is -2.25. The molecule has 13 heavy (non-hydrogen) atoms. The molecular weight excluding hydrogens is 184 g/mol. The molecule has 0 spiro atoms. The van der Waals surface area contributed by atoms with E-state index in [0.717, 1.165) is 6.42 Å². The zero-order valence-electron chi connectivity index (χ0n) is 8.96. The van der Waals surface area contributed by atoms with Crippen molar-refractivity contribution in [1.82, 2.24) is 0 Å². The summed E-state index contributed by atoms with van der Waals surface area (Å²) in [4.78, 5) is 20.9. The van der Waals surface area contributed by atoms with Gasteiger partial charge in [0.15, 0.2) is 0 Å². The Morgan fingerprint density at radius 2 is 2.00 bits per heavy atom. The van der Waals surface area contributed by atoms with Gasteiger partial charge in [-0.2, -0.15) is 0 Å². The standard InChI is InChI=1S/C9H20O3Si/c1-5-7-8(10)12-9(6-2)13(3,4)11/h9,11H,5-7H2,1-4H3. The van der Waals surface area contributed by atoms with Gasteiger partial charge < -0.3 is 9.53 Å². The van der Waals surface area contributed by atoms with Crippen LogP contribution in [0, 0.1) is 0 Å². The highest BCUT2D eigenvalue weighted by molar-refractivity contribution is 6.71. The molecule has 3 nitrogen and oxygen atoms in total. The fraction of sp³-hybridized carbons (Fsp3) is 0.889. The van der Waals surface area contributed by atoms with E-state index in [1.54, 1.807) is 13.1 Å². The monoisotopic (exact) mass is 204 g/mol. The van der Waals surface area contributed by atoms with E-state index in [2.05, 4.69) is 0 Å². The Hall–Kier alpha value is -0.353. The van der Waals surface area contributed by atoms with Gasteiger partial charge in [-0.1, -0.05) is 13.8 Å². The fourth-order valence-electron chi connectivity index (χ4n) is 1.15. The highest BCUT2D eigenvalue weighted by Gasteiger charge is 2.31. The molecular formula is C9H20O3Si. The Bertz CT molecular complexity index is 163. The van der Waals surface area contributed by atoms with Crippen LogP contribution in [0.2, 0.25) is 13.1 Å². The zero-order chi connectivity index (χ0) is 10.5. The lowest BCUT2D eigenvalue weighted by molar-refractivity contribution is -0.146. The Balaban J connectivity index is 4.06. The third kappa shape index (κ3) is 5.05. The van der Waals surface area contributed by atoms with Gasteiger partial charge in [0.05, 0.1) is 0 Å². The molecule has 0 rings (SSSR count). The smallest absolute Gasteiger partial charge is 0.305 e. The predicted molar refractivity (Wildman–Crippen MR) is 54.8 cm³/mol. The van der Waals surface area contributed by atoms with Gasteiger partial charge in [-0.25, -0.2) is 0 Å². The van der Waals surface area contributed by atoms with Crippen LogP contribution >= 0.6 is 0 Å². The Morgan fingerprint density at radius 3 is 2.31 bits per heavy atom. The van der Waals surface area contributed by atoms with Crippen LogP contribution in [0.5, 0.6) is 0 Å². The molecule has 0 aliphatic heterocycles. The SMILES string of the molecule is CCCC(=O)OC(CC)[Si](C)(C)O. The van der Waals surface area contributed by atoms with Gasteiger partial charge in [0.1, 0.15) is 5.73 Å². The van der Waals surface area contributed by atoms with Crippen molar-refractivity contribution in [2.45, 2.75) is 51.9 Å². The number of carbonyl (C=O) groups is 1. The average Bonchev–Trinajstić information content (AvgIpc) is 1.98. The maximum absolute atomic E-state index is 11.1. The van der Waals surface area contributed by atoms with Crippen molar-refractivity contribution in [1.29, 1.82) is 0 Å². The number of ether oxygens (including phenoxy) is 1. The van der Waals surface area contributed by atoms with Crippen molar-refractivity contribution in [3.63, 3.8) is 0 Å². The van der Waals surface area contributed by atoms with Crippen molar-refractivity contribution in [2.24, 2.45) is 0 Å². The number of hydrogen-bond donors (Lipinski definition) is 1. The third-order valence-electron chi connectivity index (χ3n) is 1.89. The van der Waals surface area contributed by atoms with Crippen molar-refractivity contribution in [2.75, 3.05) is 0 Å². The molecule has 0 aromatic rings. The van der Waals surface area contributed by atoms with Gasteiger partial charge in [0, 0.05) is 6.42 Å². The molecule has 0 saturated carbocycles. The van der Waals surface area contributed by atoms with E-state index in [1.807, 2.05) is 13.8 Å². The Labute approximate surface area is 81.2 Å². The van der Waals surface area contributed by atoms with Gasteiger partial charge in [-0.05, 0) is 25.9 Å². The average molecular weight is 204 g/mol. The van der Waals surface area contributed by atoms with Crippen molar-refractivity contribution in [3.05, 3.63) is 0 Å². The summed E-state index contributed by atoms with van der Waals surface area (Å²) in [6, 6.07) is 0. The summed E-state index contributed by atoms with van der Waals surface area (Å²) in [5.41, 5.74) is -0.258. The van der Waals surface area contributed by atoms with Gasteiger partial charge >= 0.3 is 5.97 Å². The Morgan fingerprint density at radius 1 is 1.46 bits per heavy atom. The van der Waals surface area contributed by atoms with Crippen LogP contribution in [0.15, 0.2) is 0 Å². The molecule has 0 saturated heterocycles. The Kier molecular flexibility index (Phi) is 5.25. The van der Waals surface area contributed by atoms with E-state index in [9.17, 15) is 9.59 Å². The molecule has 0 aliphatic rings. The molecule has 0 aromatic carbocycles. The zero-order valence-corrected chi connectivity index (χ0v) is 9.96. The van der Waals surface area contributed by atoms with Crippen LogP contribution in [0.25, 0.3) is 0 Å². The van der Waals surface area contributed by atoms with Crippen molar-refractivity contribution in [3.8, 4) is 0 Å². The first kappa shape index (κ1) is 12.6. The lowest BCUT2D eigenvalue weighted by atomic mass is 10.3. The molecule has 0 heterocycles. The van der Waals surface area contributed by atoms with Crippen LogP contribution < -0.4 is 0 Å². The van der Waals surface area contributed by atoms with Crippen LogP contribution in [0.1, 0.15) is 33.1 Å². The van der Waals surface area contributed by atoms with E-state index >= 15 is 0 Å². The first-order valence-corrected chi connectivity index (χ1v) is 7.86. The summed E-state index contributed by atoms with van der Waals surface area (Å²) in [7, 11) is -2.32. The van der Waals surface area contributed by atoms with Crippen LogP contribution in [0.4, 0.5) is 0 Å². The molecule has 0 aromatic heterocycles. The number of carbonyl (C=O) groups excluding carboxylic acids is 1. The summed E-state index contributed by atoms with van der Waals surface area (Å²) in [5, 5.41) is 0. The highest BCUT2D eigenvalue weighted by atomic mass is 28.4. The predicted octanol–water partition coefficient (Wildman–Crippen LogP) is 1.84. The maximum atomic E-state index is 11.1. The minimum absolute atomic E-state index is 0.191. The second-order valence-corrected chi connectivity index (χ2v) is 7.74. The fourth-order valence-corrected chi connectivity index (χ4v) is 2.57. The summed E-state index contributed by atoms with van der Waals surface area (Å²) >= 11 is 0. The topological polar surface area (TPSA) is 46.5 Å². The summed E-state index contributed by atoms with van der Waals surface area (Å²) in [6.07, 6.45) is 1.94. The van der Waals surface area contributed by atoms with E-state index < -0.39 is 8.32 Å². The molecule has 0 radical (unpaired) electrons. The largest absolute Gasteiger partial charge is 0.463 e. The third-order valence-corrected chi connectivity index (χ3v) is 3.99. The van der Waals surface area contributed by atoms with Gasteiger partial charge in [0.2, 0.25) is 8.32 Å². The molecule has 0 aliphatic carbocycles.